The molecule has 1 aromatic rings. The summed E-state index contributed by atoms with van der Waals surface area (Å²) in [5, 5.41) is 167. The predicted octanol–water partition coefficient (Wildman–Crippen LogP) is -1.60. The SMILES string of the molecule is COc1ccc(C=CC(=O)OC2C(C)OC(OC(=O)C34CCC(C)(C)CC3C3=CCC5C6(C)CC(O)C(OC7OC(CO)C(O)C(O)C7O)C(C)(C(=O)O)C6CCC5(C)C3(CO)CC4)C(OC3OC(C)C(OC4OCC(O)C(O)C4O)C(OC4OCC(O)C(O)C4O)C3O)C2O)cc1. The number of aliphatic carboxylic acids is 1. The number of carbonyl (C=O) groups excluding carboxylic acids is 2. The highest BCUT2D eigenvalue weighted by molar-refractivity contribution is 5.87. The number of hydrogen-bond donors (Lipinski definition) is 15. The molecule has 9 fully saturated rings. The van der Waals surface area contributed by atoms with Crippen molar-refractivity contribution in [3.8, 4) is 5.75 Å². The second-order valence-electron chi connectivity index (χ2n) is 30.5. The van der Waals surface area contributed by atoms with Crippen molar-refractivity contribution in [2.24, 2.45) is 50.2 Å². The normalized spacial score (nSPS) is 49.4. The van der Waals surface area contributed by atoms with Gasteiger partial charge in [-0.15, -0.1) is 0 Å². The van der Waals surface area contributed by atoms with Crippen LogP contribution >= 0.6 is 0 Å². The first-order chi connectivity index (χ1) is 46.1. The van der Waals surface area contributed by atoms with E-state index in [2.05, 4.69) is 26.8 Å². The molecule has 30 heteroatoms. The Morgan fingerprint density at radius 3 is 1.78 bits per heavy atom. The minimum Gasteiger partial charge on any atom is -0.497 e. The monoisotopic (exact) mass is 1400 g/mol. The van der Waals surface area contributed by atoms with E-state index < -0.39 is 230 Å². The van der Waals surface area contributed by atoms with Crippen molar-refractivity contribution in [1.29, 1.82) is 0 Å². The van der Waals surface area contributed by atoms with Crippen LogP contribution in [0.2, 0.25) is 0 Å². The number of esters is 2. The smallest absolute Gasteiger partial charge is 0.331 e. The molecule has 33 unspecified atom stereocenters. The van der Waals surface area contributed by atoms with Crippen molar-refractivity contribution in [2.75, 3.05) is 33.5 Å². The Balaban J connectivity index is 0.904. The molecular formula is C68H100O30. The summed E-state index contributed by atoms with van der Waals surface area (Å²) >= 11 is 0. The minimum absolute atomic E-state index is 0.00304. The first-order valence-electron chi connectivity index (χ1n) is 34.0. The summed E-state index contributed by atoms with van der Waals surface area (Å²) in [6.45, 7) is 10.4. The molecule has 0 spiro atoms. The Morgan fingerprint density at radius 1 is 0.582 bits per heavy atom. The van der Waals surface area contributed by atoms with Gasteiger partial charge in [0.15, 0.2) is 37.4 Å². The van der Waals surface area contributed by atoms with Gasteiger partial charge in [-0.3, -0.25) is 9.59 Å². The zero-order chi connectivity index (χ0) is 71.3. The molecule has 552 valence electrons. The Kier molecular flexibility index (Phi) is 21.9. The third-order valence-corrected chi connectivity index (χ3v) is 24.4. The molecule has 5 aliphatic heterocycles. The summed E-state index contributed by atoms with van der Waals surface area (Å²) in [4.78, 5) is 43.7. The zero-order valence-electron chi connectivity index (χ0n) is 56.2. The summed E-state index contributed by atoms with van der Waals surface area (Å²) < 4.78 is 72.3. The number of benzene rings is 1. The van der Waals surface area contributed by atoms with E-state index in [1.807, 2.05) is 6.92 Å². The van der Waals surface area contributed by atoms with Gasteiger partial charge in [-0.05, 0) is 136 Å². The summed E-state index contributed by atoms with van der Waals surface area (Å²) in [6, 6.07) is 6.74. The number of methoxy groups -OCH3 is 1. The lowest BCUT2D eigenvalue weighted by molar-refractivity contribution is -0.390. The zero-order valence-corrected chi connectivity index (χ0v) is 56.2. The molecule has 33 atom stereocenters. The van der Waals surface area contributed by atoms with E-state index in [0.717, 1.165) is 11.6 Å². The first-order valence-corrected chi connectivity index (χ1v) is 34.0. The van der Waals surface area contributed by atoms with Crippen molar-refractivity contribution in [2.45, 2.75) is 260 Å². The highest BCUT2D eigenvalue weighted by Gasteiger charge is 2.74. The van der Waals surface area contributed by atoms with Crippen LogP contribution in [0, 0.1) is 50.2 Å². The molecule has 0 aromatic heterocycles. The van der Waals surface area contributed by atoms with Gasteiger partial charge in [0.2, 0.25) is 6.29 Å². The van der Waals surface area contributed by atoms with Gasteiger partial charge in [-0.25, -0.2) is 4.79 Å². The number of aliphatic hydroxyl groups is 14. The number of rotatable bonds is 17. The number of hydrogen-bond acceptors (Lipinski definition) is 29. The Hall–Kier alpha value is -4.01. The highest BCUT2D eigenvalue weighted by Crippen LogP contribution is 2.76. The lowest BCUT2D eigenvalue weighted by Crippen LogP contribution is -2.71. The van der Waals surface area contributed by atoms with Crippen LogP contribution in [-0.2, 0) is 66.5 Å². The quantitative estimate of drug-likeness (QED) is 0.0362. The lowest BCUT2D eigenvalue weighted by Gasteiger charge is -2.71. The minimum atomic E-state index is -2.08. The van der Waals surface area contributed by atoms with Crippen LogP contribution in [0.4, 0.5) is 0 Å². The molecule has 1 aromatic carbocycles. The highest BCUT2D eigenvalue weighted by atomic mass is 16.8. The van der Waals surface area contributed by atoms with Crippen LogP contribution in [-0.4, -0.2) is 282 Å². The van der Waals surface area contributed by atoms with E-state index in [0.29, 0.717) is 37.0 Å². The maximum atomic E-state index is 16.0. The summed E-state index contributed by atoms with van der Waals surface area (Å²) in [5.74, 6) is -4.13. The van der Waals surface area contributed by atoms with Crippen molar-refractivity contribution < 1.29 is 148 Å². The van der Waals surface area contributed by atoms with Crippen LogP contribution in [0.3, 0.4) is 0 Å². The van der Waals surface area contributed by atoms with Crippen LogP contribution < -0.4 is 4.74 Å². The summed E-state index contributed by atoms with van der Waals surface area (Å²) in [6.07, 6.45) is -35.4. The van der Waals surface area contributed by atoms with Crippen molar-refractivity contribution >= 4 is 24.0 Å². The molecule has 10 aliphatic rings. The first kappa shape index (κ1) is 75.2. The number of carboxylic acid groups (broad SMARTS) is 1. The molecule has 5 heterocycles. The molecule has 0 bridgehead atoms. The third-order valence-electron chi connectivity index (χ3n) is 24.4. The molecule has 30 nitrogen and oxygen atoms in total. The second kappa shape index (κ2) is 28.6. The van der Waals surface area contributed by atoms with E-state index in [4.69, 9.17) is 56.8 Å². The van der Waals surface area contributed by atoms with E-state index in [9.17, 15) is 86.2 Å². The van der Waals surface area contributed by atoms with E-state index in [-0.39, 0.29) is 50.0 Å². The molecule has 0 amide bonds. The van der Waals surface area contributed by atoms with Crippen LogP contribution in [0.1, 0.15) is 112 Å². The van der Waals surface area contributed by atoms with E-state index >= 15 is 4.79 Å². The molecule has 5 saturated heterocycles. The molecule has 0 radical (unpaired) electrons. The number of aliphatic hydroxyl groups excluding tert-OH is 14. The molecule has 15 N–H and O–H groups in total. The Morgan fingerprint density at radius 2 is 1.16 bits per heavy atom. The fourth-order valence-corrected chi connectivity index (χ4v) is 18.8. The molecular weight excluding hydrogens is 1300 g/mol. The van der Waals surface area contributed by atoms with Crippen LogP contribution in [0.5, 0.6) is 5.75 Å². The van der Waals surface area contributed by atoms with E-state index in [1.165, 1.54) is 34.0 Å². The van der Waals surface area contributed by atoms with Gasteiger partial charge < -0.3 is 133 Å². The van der Waals surface area contributed by atoms with Crippen LogP contribution in [0.15, 0.2) is 42.0 Å². The van der Waals surface area contributed by atoms with Gasteiger partial charge in [0.1, 0.15) is 97.3 Å². The van der Waals surface area contributed by atoms with Gasteiger partial charge in [-0.1, -0.05) is 51.5 Å². The number of carbonyl (C=O) groups is 3. The van der Waals surface area contributed by atoms with Crippen molar-refractivity contribution in [3.63, 3.8) is 0 Å². The fourth-order valence-electron chi connectivity index (χ4n) is 18.8. The largest absolute Gasteiger partial charge is 0.497 e. The molecule has 4 saturated carbocycles. The Bertz CT molecular complexity index is 3040. The van der Waals surface area contributed by atoms with Gasteiger partial charge in [0.25, 0.3) is 0 Å². The average Bonchev–Trinajstić information content (AvgIpc) is 0.670. The second-order valence-corrected chi connectivity index (χ2v) is 30.5. The van der Waals surface area contributed by atoms with E-state index in [1.54, 1.807) is 24.3 Å². The maximum Gasteiger partial charge on any atom is 0.331 e. The summed E-state index contributed by atoms with van der Waals surface area (Å²) in [7, 11) is 1.50. The van der Waals surface area contributed by atoms with Gasteiger partial charge in [-0.2, -0.15) is 0 Å². The van der Waals surface area contributed by atoms with Gasteiger partial charge in [0, 0.05) is 11.5 Å². The number of allylic oxidation sites excluding steroid dienone is 1. The van der Waals surface area contributed by atoms with Gasteiger partial charge >= 0.3 is 17.9 Å². The average molecular weight is 1400 g/mol. The summed E-state index contributed by atoms with van der Waals surface area (Å²) in [5.41, 5.74) is -4.97. The lowest BCUT2D eigenvalue weighted by atomic mass is 9.33. The molecule has 5 aliphatic carbocycles. The predicted molar refractivity (Wildman–Crippen MR) is 331 cm³/mol. The van der Waals surface area contributed by atoms with Gasteiger partial charge in [0.05, 0.1) is 62.7 Å². The number of carboxylic acids is 1. The fraction of sp³-hybridized carbons (Fsp3) is 0.809. The van der Waals surface area contributed by atoms with Crippen molar-refractivity contribution in [1.82, 2.24) is 0 Å². The molecule has 11 rings (SSSR count). The third kappa shape index (κ3) is 13.0. The maximum absolute atomic E-state index is 16.0. The molecule has 98 heavy (non-hydrogen) atoms. The number of ether oxygens (including phenoxy) is 12. The Labute approximate surface area is 566 Å². The standard InChI is InChI=1S/C68H100O30/c1-29-51(93-41(74)16-11-31-9-12-32(87-8)13-10-31)49(82)54(96-59-50(83)53(95-57-47(80)43(76)37(73)27-89-57)52(30(2)90-59)94-56-46(79)42(75)36(72)26-88-56)60(91-29)98-62(86)67-20-19-63(3,4)23-34(67)33-14-15-39-64(5)24-35(71)55(97-58-48(81)45(78)44(77)38(25-69)92-58)66(7,61(84)85)40(64)17-18-65(39,6)68(33,28-70)22-21-67/h9-14,16,29-30,34-40,42-60,69-73,75-83H,15,17-28H2,1-8H3,(H,84,85). The van der Waals surface area contributed by atoms with Crippen molar-refractivity contribution in [3.05, 3.63) is 47.6 Å². The number of fused-ring (bicyclic) bond motifs is 7. The van der Waals surface area contributed by atoms with Crippen LogP contribution in [0.25, 0.3) is 6.08 Å². The topological polar surface area (TPSA) is 465 Å².